The average molecular weight is 332 g/mol. The second-order valence-electron chi connectivity index (χ2n) is 5.59. The third kappa shape index (κ3) is 5.65. The number of ether oxygens (including phenoxy) is 3. The number of rotatable bonds is 6. The summed E-state index contributed by atoms with van der Waals surface area (Å²) in [5.74, 6) is 1.33. The molecule has 5 nitrogen and oxygen atoms in total. The van der Waals surface area contributed by atoms with Crippen LogP contribution in [0, 0.1) is 0 Å². The van der Waals surface area contributed by atoms with Crippen molar-refractivity contribution in [2.24, 2.45) is 0 Å². The molecule has 1 saturated heterocycles. The standard InChI is InChI=1S/C16H25NO4.ClH/c1-12-8-17(9-13(2)21-12)10-14(18)11-20-16-7-5-4-6-15(16)19-3;/h4-7,12-14,18H,8-11H2,1-3H3;1H. The predicted octanol–water partition coefficient (Wildman–Crippen LogP) is 1.97. The molecule has 0 aromatic heterocycles. The Morgan fingerprint density at radius 1 is 1.23 bits per heavy atom. The number of β-amino-alcohol motifs (C(OH)–C–C–N with tert-alkyl or cyclic N) is 1. The highest BCUT2D eigenvalue weighted by Crippen LogP contribution is 2.25. The number of nitrogens with zero attached hydrogens (tertiary/aromatic N) is 1. The molecule has 22 heavy (non-hydrogen) atoms. The topological polar surface area (TPSA) is 51.2 Å². The molecule has 3 atom stereocenters. The normalized spacial score (nSPS) is 23.5. The molecule has 3 unspecified atom stereocenters. The van der Waals surface area contributed by atoms with Gasteiger partial charge in [-0.05, 0) is 26.0 Å². The first kappa shape index (κ1) is 19.0. The SMILES string of the molecule is COc1ccccc1OCC(O)CN1CC(C)OC(C)C1.Cl. The van der Waals surface area contributed by atoms with Gasteiger partial charge in [0, 0.05) is 19.6 Å². The molecule has 0 aliphatic carbocycles. The van der Waals surface area contributed by atoms with Gasteiger partial charge in [0.2, 0.25) is 0 Å². The molecule has 0 bridgehead atoms. The first-order chi connectivity index (χ1) is 10.1. The molecule has 126 valence electrons. The van der Waals surface area contributed by atoms with Crippen molar-refractivity contribution in [2.75, 3.05) is 33.4 Å². The Balaban J connectivity index is 0.00000242. The Morgan fingerprint density at radius 2 is 1.82 bits per heavy atom. The summed E-state index contributed by atoms with van der Waals surface area (Å²) in [7, 11) is 1.61. The number of hydrogen-bond donors (Lipinski definition) is 1. The van der Waals surface area contributed by atoms with Crippen LogP contribution in [0.25, 0.3) is 0 Å². The van der Waals surface area contributed by atoms with E-state index in [0.717, 1.165) is 13.1 Å². The van der Waals surface area contributed by atoms with E-state index in [1.54, 1.807) is 7.11 Å². The highest BCUT2D eigenvalue weighted by atomic mass is 35.5. The molecular formula is C16H26ClNO4. The van der Waals surface area contributed by atoms with E-state index in [2.05, 4.69) is 18.7 Å². The van der Waals surface area contributed by atoms with Crippen LogP contribution in [0.4, 0.5) is 0 Å². The Morgan fingerprint density at radius 3 is 2.41 bits per heavy atom. The average Bonchev–Trinajstić information content (AvgIpc) is 2.44. The van der Waals surface area contributed by atoms with Crippen LogP contribution in [-0.4, -0.2) is 61.7 Å². The molecule has 1 aliphatic heterocycles. The fraction of sp³-hybridized carbons (Fsp3) is 0.625. The first-order valence-electron chi connectivity index (χ1n) is 7.40. The van der Waals surface area contributed by atoms with Crippen LogP contribution in [0.2, 0.25) is 0 Å². The lowest BCUT2D eigenvalue weighted by Crippen LogP contribution is -2.48. The van der Waals surface area contributed by atoms with Gasteiger partial charge in [0.05, 0.1) is 19.3 Å². The predicted molar refractivity (Wildman–Crippen MR) is 88.2 cm³/mol. The van der Waals surface area contributed by atoms with Crippen molar-refractivity contribution in [1.82, 2.24) is 4.90 Å². The summed E-state index contributed by atoms with van der Waals surface area (Å²) in [6.45, 7) is 6.64. The number of aliphatic hydroxyl groups excluding tert-OH is 1. The van der Waals surface area contributed by atoms with Gasteiger partial charge < -0.3 is 19.3 Å². The fourth-order valence-electron chi connectivity index (χ4n) is 2.71. The third-order valence-corrected chi connectivity index (χ3v) is 3.46. The van der Waals surface area contributed by atoms with E-state index in [9.17, 15) is 5.11 Å². The van der Waals surface area contributed by atoms with Gasteiger partial charge in [-0.2, -0.15) is 0 Å². The van der Waals surface area contributed by atoms with Crippen LogP contribution < -0.4 is 9.47 Å². The molecule has 1 aromatic carbocycles. The second kappa shape index (κ2) is 9.20. The lowest BCUT2D eigenvalue weighted by atomic mass is 10.2. The molecule has 0 amide bonds. The highest BCUT2D eigenvalue weighted by molar-refractivity contribution is 5.85. The molecule has 1 heterocycles. The molecule has 1 aliphatic rings. The van der Waals surface area contributed by atoms with Crippen LogP contribution >= 0.6 is 12.4 Å². The quantitative estimate of drug-likeness (QED) is 0.863. The van der Waals surface area contributed by atoms with Gasteiger partial charge in [-0.3, -0.25) is 4.90 Å². The van der Waals surface area contributed by atoms with Crippen LogP contribution in [0.5, 0.6) is 11.5 Å². The van der Waals surface area contributed by atoms with Gasteiger partial charge in [-0.25, -0.2) is 0 Å². The van der Waals surface area contributed by atoms with E-state index < -0.39 is 6.10 Å². The van der Waals surface area contributed by atoms with Gasteiger partial charge >= 0.3 is 0 Å². The Kier molecular flexibility index (Phi) is 7.96. The van der Waals surface area contributed by atoms with Crippen LogP contribution in [0.3, 0.4) is 0 Å². The van der Waals surface area contributed by atoms with E-state index in [1.807, 2.05) is 24.3 Å². The van der Waals surface area contributed by atoms with E-state index in [0.29, 0.717) is 18.0 Å². The van der Waals surface area contributed by atoms with E-state index in [-0.39, 0.29) is 31.2 Å². The summed E-state index contributed by atoms with van der Waals surface area (Å²) in [5, 5.41) is 10.2. The minimum atomic E-state index is -0.535. The van der Waals surface area contributed by atoms with Crippen LogP contribution in [-0.2, 0) is 4.74 Å². The summed E-state index contributed by atoms with van der Waals surface area (Å²) in [6, 6.07) is 7.45. The van der Waals surface area contributed by atoms with Crippen molar-refractivity contribution >= 4 is 12.4 Å². The smallest absolute Gasteiger partial charge is 0.161 e. The maximum Gasteiger partial charge on any atom is 0.161 e. The fourth-order valence-corrected chi connectivity index (χ4v) is 2.71. The molecule has 0 radical (unpaired) electrons. The monoisotopic (exact) mass is 331 g/mol. The molecule has 0 spiro atoms. The van der Waals surface area contributed by atoms with E-state index in [1.165, 1.54) is 0 Å². The van der Waals surface area contributed by atoms with Crippen molar-refractivity contribution in [3.8, 4) is 11.5 Å². The Hall–Kier alpha value is -1.01. The summed E-state index contributed by atoms with van der Waals surface area (Å²) in [6.07, 6.45) is -0.125. The van der Waals surface area contributed by atoms with Crippen LogP contribution in [0.15, 0.2) is 24.3 Å². The number of halogens is 1. The number of hydrogen-bond acceptors (Lipinski definition) is 5. The van der Waals surface area contributed by atoms with E-state index in [4.69, 9.17) is 14.2 Å². The number of aliphatic hydroxyl groups is 1. The zero-order chi connectivity index (χ0) is 15.2. The number of morpholine rings is 1. The zero-order valence-corrected chi connectivity index (χ0v) is 14.2. The molecule has 1 N–H and O–H groups in total. The van der Waals surface area contributed by atoms with Crippen molar-refractivity contribution in [3.05, 3.63) is 24.3 Å². The van der Waals surface area contributed by atoms with Crippen molar-refractivity contribution in [1.29, 1.82) is 0 Å². The van der Waals surface area contributed by atoms with Gasteiger partial charge in [0.25, 0.3) is 0 Å². The third-order valence-electron chi connectivity index (χ3n) is 3.46. The zero-order valence-electron chi connectivity index (χ0n) is 13.4. The second-order valence-corrected chi connectivity index (χ2v) is 5.59. The van der Waals surface area contributed by atoms with Gasteiger partial charge in [0.1, 0.15) is 12.7 Å². The first-order valence-corrected chi connectivity index (χ1v) is 7.40. The van der Waals surface area contributed by atoms with Crippen molar-refractivity contribution in [2.45, 2.75) is 32.2 Å². The summed E-state index contributed by atoms with van der Waals surface area (Å²) >= 11 is 0. The van der Waals surface area contributed by atoms with Crippen molar-refractivity contribution < 1.29 is 19.3 Å². The largest absolute Gasteiger partial charge is 0.493 e. The summed E-state index contributed by atoms with van der Waals surface area (Å²) < 4.78 is 16.6. The van der Waals surface area contributed by atoms with E-state index >= 15 is 0 Å². The van der Waals surface area contributed by atoms with Gasteiger partial charge in [-0.15, -0.1) is 12.4 Å². The molecule has 1 fully saturated rings. The van der Waals surface area contributed by atoms with Gasteiger partial charge in [0.15, 0.2) is 11.5 Å². The van der Waals surface area contributed by atoms with Gasteiger partial charge in [-0.1, -0.05) is 12.1 Å². The Bertz CT molecular complexity index is 436. The number of benzene rings is 1. The van der Waals surface area contributed by atoms with Crippen LogP contribution in [0.1, 0.15) is 13.8 Å². The molecule has 0 saturated carbocycles. The minimum Gasteiger partial charge on any atom is -0.493 e. The molecule has 6 heteroatoms. The highest BCUT2D eigenvalue weighted by Gasteiger charge is 2.24. The minimum absolute atomic E-state index is 0. The maximum atomic E-state index is 10.2. The lowest BCUT2D eigenvalue weighted by Gasteiger charge is -2.36. The summed E-state index contributed by atoms with van der Waals surface area (Å²) in [4.78, 5) is 2.22. The Labute approximate surface area is 138 Å². The maximum absolute atomic E-state index is 10.2. The number of para-hydroxylation sites is 2. The molecule has 2 rings (SSSR count). The molecule has 1 aromatic rings. The lowest BCUT2D eigenvalue weighted by molar-refractivity contribution is -0.0787. The van der Waals surface area contributed by atoms with Crippen molar-refractivity contribution in [3.63, 3.8) is 0 Å². The summed E-state index contributed by atoms with van der Waals surface area (Å²) in [5.41, 5.74) is 0. The number of methoxy groups -OCH3 is 1. The molecular weight excluding hydrogens is 306 g/mol.